The number of aromatic nitrogens is 2. The van der Waals surface area contributed by atoms with E-state index in [4.69, 9.17) is 4.74 Å². The SMILES string of the molecule is COc1ccc(CCCC(C)(C)C)c(CC(C)(C)Cc2cn(C)cn2)c1. The molecule has 0 radical (unpaired) electrons. The molecule has 0 N–H and O–H groups in total. The van der Waals surface area contributed by atoms with Gasteiger partial charge in [0.1, 0.15) is 5.75 Å². The number of aryl methyl sites for hydroxylation is 2. The van der Waals surface area contributed by atoms with E-state index >= 15 is 0 Å². The lowest BCUT2D eigenvalue weighted by molar-refractivity contribution is 0.351. The zero-order chi connectivity index (χ0) is 19.4. The molecule has 0 spiro atoms. The lowest BCUT2D eigenvalue weighted by Crippen LogP contribution is -2.19. The number of rotatable bonds is 8. The predicted molar refractivity (Wildman–Crippen MR) is 110 cm³/mol. The Morgan fingerprint density at radius 2 is 1.77 bits per heavy atom. The first-order valence-corrected chi connectivity index (χ1v) is 9.71. The van der Waals surface area contributed by atoms with E-state index in [0.717, 1.165) is 30.7 Å². The molecule has 3 heteroatoms. The number of methoxy groups -OCH3 is 1. The van der Waals surface area contributed by atoms with Gasteiger partial charge in [0.25, 0.3) is 0 Å². The minimum atomic E-state index is 0.152. The highest BCUT2D eigenvalue weighted by atomic mass is 16.5. The van der Waals surface area contributed by atoms with E-state index in [2.05, 4.69) is 64.0 Å². The Balaban J connectivity index is 2.14. The highest BCUT2D eigenvalue weighted by Gasteiger charge is 2.22. The Hall–Kier alpha value is -1.77. The van der Waals surface area contributed by atoms with Crippen LogP contribution in [-0.2, 0) is 26.3 Å². The molecule has 1 aromatic carbocycles. The molecule has 1 heterocycles. The number of imidazole rings is 1. The van der Waals surface area contributed by atoms with Gasteiger partial charge in [-0.15, -0.1) is 0 Å². The molecule has 0 atom stereocenters. The summed E-state index contributed by atoms with van der Waals surface area (Å²) in [7, 11) is 3.77. The third-order valence-corrected chi connectivity index (χ3v) is 4.87. The highest BCUT2D eigenvalue weighted by Crippen LogP contribution is 2.31. The third-order valence-electron chi connectivity index (χ3n) is 4.87. The predicted octanol–water partition coefficient (Wildman–Crippen LogP) is 5.61. The fourth-order valence-corrected chi connectivity index (χ4v) is 3.57. The second-order valence-electron chi connectivity index (χ2n) is 9.60. The molecule has 0 aliphatic carbocycles. The zero-order valence-electron chi connectivity index (χ0n) is 17.7. The lowest BCUT2D eigenvalue weighted by atomic mass is 9.79. The topological polar surface area (TPSA) is 27.1 Å². The lowest BCUT2D eigenvalue weighted by Gasteiger charge is -2.26. The Morgan fingerprint density at radius 1 is 1.04 bits per heavy atom. The Bertz CT molecular complexity index is 707. The summed E-state index contributed by atoms with van der Waals surface area (Å²) < 4.78 is 7.51. The summed E-state index contributed by atoms with van der Waals surface area (Å²) in [4.78, 5) is 4.51. The molecule has 0 saturated carbocycles. The van der Waals surface area contributed by atoms with Crippen LogP contribution in [0, 0.1) is 10.8 Å². The third kappa shape index (κ3) is 6.51. The van der Waals surface area contributed by atoms with Crippen molar-refractivity contribution in [2.45, 2.75) is 66.7 Å². The van der Waals surface area contributed by atoms with Crippen molar-refractivity contribution in [3.63, 3.8) is 0 Å². The van der Waals surface area contributed by atoms with Crippen LogP contribution in [0.3, 0.4) is 0 Å². The quantitative estimate of drug-likeness (QED) is 0.615. The molecular formula is C23H36N2O. The summed E-state index contributed by atoms with van der Waals surface area (Å²) >= 11 is 0. The minimum Gasteiger partial charge on any atom is -0.497 e. The smallest absolute Gasteiger partial charge is 0.119 e. The van der Waals surface area contributed by atoms with Crippen LogP contribution in [0.25, 0.3) is 0 Å². The summed E-state index contributed by atoms with van der Waals surface area (Å²) in [6, 6.07) is 6.59. The first-order chi connectivity index (χ1) is 12.1. The molecule has 26 heavy (non-hydrogen) atoms. The minimum absolute atomic E-state index is 0.152. The van der Waals surface area contributed by atoms with E-state index in [1.165, 1.54) is 24.0 Å². The van der Waals surface area contributed by atoms with Crippen molar-refractivity contribution in [1.29, 1.82) is 0 Å². The van der Waals surface area contributed by atoms with E-state index < -0.39 is 0 Å². The maximum absolute atomic E-state index is 5.49. The second kappa shape index (κ2) is 8.28. The highest BCUT2D eigenvalue weighted by molar-refractivity contribution is 5.36. The van der Waals surface area contributed by atoms with Gasteiger partial charge in [-0.3, -0.25) is 0 Å². The Morgan fingerprint density at radius 3 is 2.35 bits per heavy atom. The van der Waals surface area contributed by atoms with Crippen molar-refractivity contribution in [3.8, 4) is 5.75 Å². The van der Waals surface area contributed by atoms with Gasteiger partial charge in [-0.25, -0.2) is 4.98 Å². The first kappa shape index (κ1) is 20.5. The molecule has 144 valence electrons. The molecule has 0 amide bonds. The van der Waals surface area contributed by atoms with Crippen LogP contribution in [0.4, 0.5) is 0 Å². The summed E-state index contributed by atoms with van der Waals surface area (Å²) in [5.41, 5.74) is 4.59. The fraction of sp³-hybridized carbons (Fsp3) is 0.609. The van der Waals surface area contributed by atoms with Crippen molar-refractivity contribution in [1.82, 2.24) is 9.55 Å². The van der Waals surface area contributed by atoms with E-state index in [1.54, 1.807) is 7.11 Å². The van der Waals surface area contributed by atoms with Gasteiger partial charge >= 0.3 is 0 Å². The van der Waals surface area contributed by atoms with Crippen LogP contribution in [0.15, 0.2) is 30.7 Å². The van der Waals surface area contributed by atoms with Gasteiger partial charge in [0.2, 0.25) is 0 Å². The van der Waals surface area contributed by atoms with Crippen LogP contribution in [0.1, 0.15) is 64.3 Å². The van der Waals surface area contributed by atoms with Crippen molar-refractivity contribution in [2.24, 2.45) is 17.9 Å². The molecule has 0 fully saturated rings. The molecule has 2 aromatic rings. The van der Waals surface area contributed by atoms with E-state index in [-0.39, 0.29) is 5.41 Å². The van der Waals surface area contributed by atoms with Gasteiger partial charge in [-0.1, -0.05) is 40.7 Å². The number of benzene rings is 1. The van der Waals surface area contributed by atoms with E-state index in [9.17, 15) is 0 Å². The molecule has 1 aromatic heterocycles. The Labute approximate surface area is 159 Å². The second-order valence-corrected chi connectivity index (χ2v) is 9.60. The van der Waals surface area contributed by atoms with E-state index in [1.807, 2.05) is 17.9 Å². The molecule has 0 unspecified atom stereocenters. The summed E-state index contributed by atoms with van der Waals surface area (Å²) in [6.07, 6.45) is 9.63. The summed E-state index contributed by atoms with van der Waals surface area (Å²) in [5, 5.41) is 0. The maximum atomic E-state index is 5.49. The number of hydrogen-bond acceptors (Lipinski definition) is 2. The molecule has 0 aliphatic heterocycles. The number of nitrogens with zero attached hydrogens (tertiary/aromatic N) is 2. The van der Waals surface area contributed by atoms with Crippen LogP contribution in [0.2, 0.25) is 0 Å². The van der Waals surface area contributed by atoms with Crippen LogP contribution < -0.4 is 4.74 Å². The molecular weight excluding hydrogens is 320 g/mol. The molecule has 0 bridgehead atoms. The van der Waals surface area contributed by atoms with Gasteiger partial charge in [-0.05, 0) is 66.2 Å². The maximum Gasteiger partial charge on any atom is 0.119 e. The molecule has 2 rings (SSSR count). The van der Waals surface area contributed by atoms with Crippen molar-refractivity contribution < 1.29 is 4.74 Å². The summed E-state index contributed by atoms with van der Waals surface area (Å²) in [6.45, 7) is 11.6. The standard InChI is InChI=1S/C23H36N2O/c1-22(2,3)12-8-9-18-10-11-21(26-7)13-19(18)14-23(4,5)15-20-16-25(6)17-24-20/h10-11,13,16-17H,8-9,12,14-15H2,1-7H3. The van der Waals surface area contributed by atoms with Crippen molar-refractivity contribution >= 4 is 0 Å². The molecule has 3 nitrogen and oxygen atoms in total. The Kier molecular flexibility index (Phi) is 6.54. The monoisotopic (exact) mass is 356 g/mol. The fourth-order valence-electron chi connectivity index (χ4n) is 3.57. The molecule has 0 aliphatic rings. The normalized spacial score (nSPS) is 12.4. The largest absolute Gasteiger partial charge is 0.497 e. The van der Waals surface area contributed by atoms with Crippen LogP contribution in [-0.4, -0.2) is 16.7 Å². The van der Waals surface area contributed by atoms with Crippen molar-refractivity contribution in [2.75, 3.05) is 7.11 Å². The molecule has 0 saturated heterocycles. The zero-order valence-corrected chi connectivity index (χ0v) is 17.7. The van der Waals surface area contributed by atoms with Gasteiger partial charge < -0.3 is 9.30 Å². The van der Waals surface area contributed by atoms with Gasteiger partial charge in [0, 0.05) is 13.2 Å². The average molecular weight is 357 g/mol. The summed E-state index contributed by atoms with van der Waals surface area (Å²) in [5.74, 6) is 0.952. The number of hydrogen-bond donors (Lipinski definition) is 0. The van der Waals surface area contributed by atoms with Crippen molar-refractivity contribution in [3.05, 3.63) is 47.5 Å². The van der Waals surface area contributed by atoms with Gasteiger partial charge in [0.05, 0.1) is 19.1 Å². The van der Waals surface area contributed by atoms with Gasteiger partial charge in [0.15, 0.2) is 0 Å². The van der Waals surface area contributed by atoms with Crippen LogP contribution in [0.5, 0.6) is 5.75 Å². The average Bonchev–Trinajstić information content (AvgIpc) is 2.91. The van der Waals surface area contributed by atoms with Gasteiger partial charge in [-0.2, -0.15) is 0 Å². The first-order valence-electron chi connectivity index (χ1n) is 9.71. The number of ether oxygens (including phenoxy) is 1. The van der Waals surface area contributed by atoms with E-state index in [0.29, 0.717) is 5.41 Å². The van der Waals surface area contributed by atoms with Crippen LogP contribution >= 0.6 is 0 Å².